The smallest absolute Gasteiger partial charge is 0.251 e. The first-order chi connectivity index (χ1) is 12.6. The van der Waals surface area contributed by atoms with Crippen molar-refractivity contribution < 1.29 is 14.4 Å². The number of nitrogens with zero attached hydrogens (tertiary/aromatic N) is 2. The molecule has 0 saturated carbocycles. The van der Waals surface area contributed by atoms with Crippen LogP contribution in [0.3, 0.4) is 0 Å². The van der Waals surface area contributed by atoms with Crippen molar-refractivity contribution in [3.8, 4) is 0 Å². The van der Waals surface area contributed by atoms with Crippen LogP contribution in [0.25, 0.3) is 0 Å². The zero-order valence-electron chi connectivity index (χ0n) is 15.2. The highest BCUT2D eigenvalue weighted by molar-refractivity contribution is 5.97. The van der Waals surface area contributed by atoms with Crippen LogP contribution >= 0.6 is 0 Å². The largest absolute Gasteiger partial charge is 0.352 e. The van der Waals surface area contributed by atoms with Gasteiger partial charge in [0.1, 0.15) is 0 Å². The first-order valence-corrected chi connectivity index (χ1v) is 9.61. The molecule has 2 aliphatic rings. The highest BCUT2D eigenvalue weighted by Crippen LogP contribution is 2.21. The van der Waals surface area contributed by atoms with E-state index in [1.807, 2.05) is 17.0 Å². The average Bonchev–Trinajstić information content (AvgIpc) is 2.97. The summed E-state index contributed by atoms with van der Waals surface area (Å²) < 4.78 is 0. The standard InChI is InChI=1S/C20H27N3O3/c24-18-6-2-1-3-13-22(18)14-5-12-21-20(26)16-8-10-17(11-9-16)23-15-4-7-19(23)25/h8-11H,1-7,12-15H2,(H,21,26). The molecule has 0 bridgehead atoms. The van der Waals surface area contributed by atoms with Crippen molar-refractivity contribution in [1.82, 2.24) is 10.2 Å². The van der Waals surface area contributed by atoms with Crippen LogP contribution in [0.2, 0.25) is 0 Å². The maximum atomic E-state index is 12.2. The van der Waals surface area contributed by atoms with Crippen LogP contribution in [-0.4, -0.2) is 48.8 Å². The molecule has 3 amide bonds. The summed E-state index contributed by atoms with van der Waals surface area (Å²) in [5, 5.41) is 2.91. The van der Waals surface area contributed by atoms with Gasteiger partial charge in [0.25, 0.3) is 5.91 Å². The molecule has 2 fully saturated rings. The van der Waals surface area contributed by atoms with Gasteiger partial charge in [-0.05, 0) is 49.9 Å². The van der Waals surface area contributed by atoms with Crippen LogP contribution in [0.4, 0.5) is 5.69 Å². The second-order valence-corrected chi connectivity index (χ2v) is 7.00. The summed E-state index contributed by atoms with van der Waals surface area (Å²) in [6.45, 7) is 2.84. The second kappa shape index (κ2) is 8.83. The number of nitrogens with one attached hydrogen (secondary N) is 1. The SMILES string of the molecule is O=C(NCCCN1CCCCCC1=O)c1ccc(N2CCCC2=O)cc1. The van der Waals surface area contributed by atoms with Crippen molar-refractivity contribution >= 4 is 23.4 Å². The zero-order chi connectivity index (χ0) is 18.4. The highest BCUT2D eigenvalue weighted by atomic mass is 16.2. The number of rotatable bonds is 6. The lowest BCUT2D eigenvalue weighted by molar-refractivity contribution is -0.130. The first kappa shape index (κ1) is 18.4. The van der Waals surface area contributed by atoms with E-state index in [0.717, 1.165) is 50.9 Å². The third-order valence-corrected chi connectivity index (χ3v) is 5.08. The molecule has 6 nitrogen and oxygen atoms in total. The molecule has 2 aliphatic heterocycles. The minimum atomic E-state index is -0.119. The third-order valence-electron chi connectivity index (χ3n) is 5.08. The Bertz CT molecular complexity index is 657. The van der Waals surface area contributed by atoms with Crippen LogP contribution < -0.4 is 10.2 Å². The summed E-state index contributed by atoms with van der Waals surface area (Å²) in [5.74, 6) is 0.262. The van der Waals surface area contributed by atoms with Gasteiger partial charge >= 0.3 is 0 Å². The van der Waals surface area contributed by atoms with Crippen LogP contribution in [0.15, 0.2) is 24.3 Å². The Morgan fingerprint density at radius 1 is 0.923 bits per heavy atom. The fourth-order valence-electron chi connectivity index (χ4n) is 3.56. The monoisotopic (exact) mass is 357 g/mol. The number of amides is 3. The predicted molar refractivity (Wildman–Crippen MR) is 100 cm³/mol. The second-order valence-electron chi connectivity index (χ2n) is 7.00. The maximum absolute atomic E-state index is 12.2. The number of carbonyl (C=O) groups excluding carboxylic acids is 3. The lowest BCUT2D eigenvalue weighted by atomic mass is 10.2. The summed E-state index contributed by atoms with van der Waals surface area (Å²) in [6, 6.07) is 7.17. The fraction of sp³-hybridized carbons (Fsp3) is 0.550. The van der Waals surface area contributed by atoms with E-state index in [9.17, 15) is 14.4 Å². The molecule has 2 heterocycles. The molecule has 0 radical (unpaired) electrons. The van der Waals surface area contributed by atoms with Crippen molar-refractivity contribution in [3.63, 3.8) is 0 Å². The Morgan fingerprint density at radius 2 is 1.69 bits per heavy atom. The Balaban J connectivity index is 1.43. The Hall–Kier alpha value is -2.37. The van der Waals surface area contributed by atoms with Crippen LogP contribution in [0.5, 0.6) is 0 Å². The molecule has 0 unspecified atom stereocenters. The molecule has 0 aliphatic carbocycles. The van der Waals surface area contributed by atoms with E-state index in [0.29, 0.717) is 31.5 Å². The Morgan fingerprint density at radius 3 is 2.42 bits per heavy atom. The maximum Gasteiger partial charge on any atom is 0.251 e. The summed E-state index contributed by atoms with van der Waals surface area (Å²) >= 11 is 0. The van der Waals surface area contributed by atoms with E-state index in [-0.39, 0.29) is 17.7 Å². The van der Waals surface area contributed by atoms with E-state index in [4.69, 9.17) is 0 Å². The van der Waals surface area contributed by atoms with E-state index in [1.165, 1.54) is 0 Å². The zero-order valence-corrected chi connectivity index (χ0v) is 15.2. The lowest BCUT2D eigenvalue weighted by Gasteiger charge is -2.20. The molecule has 1 aromatic rings. The van der Waals surface area contributed by atoms with E-state index in [2.05, 4.69) is 5.32 Å². The lowest BCUT2D eigenvalue weighted by Crippen LogP contribution is -2.34. The summed E-state index contributed by atoms with van der Waals surface area (Å²) in [4.78, 5) is 39.6. The molecule has 0 spiro atoms. The molecule has 0 aromatic heterocycles. The number of hydrogen-bond donors (Lipinski definition) is 1. The summed E-state index contributed by atoms with van der Waals surface area (Å²) in [5.41, 5.74) is 1.44. The molecule has 2 saturated heterocycles. The van der Waals surface area contributed by atoms with Crippen molar-refractivity contribution in [2.24, 2.45) is 0 Å². The number of benzene rings is 1. The number of anilines is 1. The number of likely N-dealkylation sites (tertiary alicyclic amines) is 1. The Kier molecular flexibility index (Phi) is 6.26. The van der Waals surface area contributed by atoms with Crippen molar-refractivity contribution in [3.05, 3.63) is 29.8 Å². The van der Waals surface area contributed by atoms with Gasteiger partial charge in [-0.3, -0.25) is 14.4 Å². The third kappa shape index (κ3) is 4.62. The molecule has 1 aromatic carbocycles. The Labute approximate surface area is 154 Å². The van der Waals surface area contributed by atoms with Crippen molar-refractivity contribution in [2.75, 3.05) is 31.1 Å². The van der Waals surface area contributed by atoms with Gasteiger partial charge in [0, 0.05) is 50.3 Å². The van der Waals surface area contributed by atoms with Crippen LogP contribution in [0, 0.1) is 0 Å². The fourth-order valence-corrected chi connectivity index (χ4v) is 3.56. The number of hydrogen-bond acceptors (Lipinski definition) is 3. The van der Waals surface area contributed by atoms with Crippen molar-refractivity contribution in [2.45, 2.75) is 44.9 Å². The molecule has 3 rings (SSSR count). The van der Waals surface area contributed by atoms with Gasteiger partial charge < -0.3 is 15.1 Å². The van der Waals surface area contributed by atoms with E-state index in [1.54, 1.807) is 17.0 Å². The minimum Gasteiger partial charge on any atom is -0.352 e. The molecular weight excluding hydrogens is 330 g/mol. The van der Waals surface area contributed by atoms with Gasteiger partial charge in [-0.2, -0.15) is 0 Å². The van der Waals surface area contributed by atoms with Gasteiger partial charge in [-0.25, -0.2) is 0 Å². The van der Waals surface area contributed by atoms with Gasteiger partial charge in [-0.15, -0.1) is 0 Å². The van der Waals surface area contributed by atoms with Gasteiger partial charge in [0.2, 0.25) is 11.8 Å². The highest BCUT2D eigenvalue weighted by Gasteiger charge is 2.21. The number of carbonyl (C=O) groups is 3. The predicted octanol–water partition coefficient (Wildman–Crippen LogP) is 2.34. The average molecular weight is 357 g/mol. The molecule has 26 heavy (non-hydrogen) atoms. The molecule has 6 heteroatoms. The molecule has 140 valence electrons. The summed E-state index contributed by atoms with van der Waals surface area (Å²) in [7, 11) is 0. The molecule has 1 N–H and O–H groups in total. The minimum absolute atomic E-state index is 0.119. The first-order valence-electron chi connectivity index (χ1n) is 9.61. The van der Waals surface area contributed by atoms with E-state index >= 15 is 0 Å². The van der Waals surface area contributed by atoms with E-state index < -0.39 is 0 Å². The van der Waals surface area contributed by atoms with Crippen LogP contribution in [-0.2, 0) is 9.59 Å². The van der Waals surface area contributed by atoms with Gasteiger partial charge in [0.15, 0.2) is 0 Å². The normalized spacial score (nSPS) is 18.2. The quantitative estimate of drug-likeness (QED) is 0.795. The molecule has 0 atom stereocenters. The van der Waals surface area contributed by atoms with Gasteiger partial charge in [-0.1, -0.05) is 6.42 Å². The van der Waals surface area contributed by atoms with Crippen LogP contribution in [0.1, 0.15) is 55.3 Å². The topological polar surface area (TPSA) is 69.7 Å². The molecular formula is C20H27N3O3. The summed E-state index contributed by atoms with van der Waals surface area (Å²) in [6.07, 6.45) is 6.09. The van der Waals surface area contributed by atoms with Crippen molar-refractivity contribution in [1.29, 1.82) is 0 Å². The van der Waals surface area contributed by atoms with Gasteiger partial charge in [0.05, 0.1) is 0 Å².